The summed E-state index contributed by atoms with van der Waals surface area (Å²) in [5, 5.41) is 11.4. The maximum atomic E-state index is 13.1. The second kappa shape index (κ2) is 8.50. The fourth-order valence-corrected chi connectivity index (χ4v) is 5.04. The Bertz CT molecular complexity index is 1050. The molecule has 1 saturated heterocycles. The average molecular weight is 442 g/mol. The zero-order valence-electron chi connectivity index (χ0n) is 16.6. The van der Waals surface area contributed by atoms with Gasteiger partial charge in [-0.2, -0.15) is 5.26 Å². The van der Waals surface area contributed by atoms with Gasteiger partial charge in [0.2, 0.25) is 5.91 Å². The summed E-state index contributed by atoms with van der Waals surface area (Å²) in [7, 11) is 3.16. The third-order valence-electron chi connectivity index (χ3n) is 5.30. The Morgan fingerprint density at radius 2 is 1.93 bits per heavy atom. The van der Waals surface area contributed by atoms with Crippen molar-refractivity contribution < 1.29 is 14.3 Å². The van der Waals surface area contributed by atoms with E-state index in [1.165, 1.54) is 11.8 Å². The van der Waals surface area contributed by atoms with E-state index in [4.69, 9.17) is 21.1 Å². The number of hydrogen-bond donors (Lipinski definition) is 0. The summed E-state index contributed by atoms with van der Waals surface area (Å²) >= 11 is 7.49. The molecule has 0 saturated carbocycles. The van der Waals surface area contributed by atoms with Gasteiger partial charge in [0.25, 0.3) is 0 Å². The second-order valence-electron chi connectivity index (χ2n) is 6.95. The van der Waals surface area contributed by atoms with Gasteiger partial charge in [-0.3, -0.25) is 9.69 Å². The van der Waals surface area contributed by atoms with Crippen molar-refractivity contribution in [2.45, 2.75) is 12.3 Å². The molecule has 4 rings (SSSR count). The molecule has 1 fully saturated rings. The number of nitrogens with zero attached hydrogens (tertiary/aromatic N) is 3. The van der Waals surface area contributed by atoms with Crippen LogP contribution in [0.2, 0.25) is 5.02 Å². The van der Waals surface area contributed by atoms with Crippen LogP contribution in [0.15, 0.2) is 53.1 Å². The van der Waals surface area contributed by atoms with E-state index < -0.39 is 0 Å². The lowest BCUT2D eigenvalue weighted by molar-refractivity contribution is -0.129. The van der Waals surface area contributed by atoms with E-state index in [9.17, 15) is 10.1 Å². The standard InChI is InChI=1S/C22H20ClN3O3S/c1-28-16-7-8-17(20(9-16)29-2)18-10-21(27)26-12-25(13-30-22(26)19(18)11-24)15-5-3-14(23)4-6-15/h3-9,18H,10,12-13H2,1-2H3/t18-/m1/s1. The Balaban J connectivity index is 1.68. The topological polar surface area (TPSA) is 65.8 Å². The van der Waals surface area contributed by atoms with Gasteiger partial charge in [0, 0.05) is 34.7 Å². The lowest BCUT2D eigenvalue weighted by Gasteiger charge is -2.42. The molecular formula is C22H20ClN3O3S. The smallest absolute Gasteiger partial charge is 0.229 e. The number of methoxy groups -OCH3 is 2. The number of nitriles is 1. The predicted octanol–water partition coefficient (Wildman–Crippen LogP) is 4.58. The molecule has 0 spiro atoms. The molecule has 0 aromatic heterocycles. The number of thioether (sulfide) groups is 1. The first kappa shape index (κ1) is 20.5. The van der Waals surface area contributed by atoms with Crippen molar-refractivity contribution in [3.05, 3.63) is 63.7 Å². The highest BCUT2D eigenvalue weighted by atomic mass is 35.5. The molecule has 0 aliphatic carbocycles. The fourth-order valence-electron chi connectivity index (χ4n) is 3.75. The third kappa shape index (κ3) is 3.69. The quantitative estimate of drug-likeness (QED) is 0.692. The first-order valence-corrected chi connectivity index (χ1v) is 10.7. The fraction of sp³-hybridized carbons (Fsp3) is 0.273. The molecule has 6 nitrogen and oxygen atoms in total. The number of allylic oxidation sites excluding steroid dienone is 1. The maximum absolute atomic E-state index is 13.1. The number of hydrogen-bond acceptors (Lipinski definition) is 6. The Labute approximate surface area is 184 Å². The summed E-state index contributed by atoms with van der Waals surface area (Å²) in [6.45, 7) is 0.403. The van der Waals surface area contributed by atoms with Crippen LogP contribution in [0.1, 0.15) is 17.9 Å². The van der Waals surface area contributed by atoms with Crippen LogP contribution >= 0.6 is 23.4 Å². The maximum Gasteiger partial charge on any atom is 0.229 e. The van der Waals surface area contributed by atoms with Crippen molar-refractivity contribution in [2.24, 2.45) is 0 Å². The number of carbonyl (C=O) groups excluding carboxylic acids is 1. The van der Waals surface area contributed by atoms with Crippen LogP contribution in [0, 0.1) is 11.3 Å². The number of amides is 1. The average Bonchev–Trinajstić information content (AvgIpc) is 2.79. The molecular weight excluding hydrogens is 422 g/mol. The first-order chi connectivity index (χ1) is 14.5. The van der Waals surface area contributed by atoms with Crippen LogP contribution < -0.4 is 14.4 Å². The van der Waals surface area contributed by atoms with Crippen LogP contribution in [0.25, 0.3) is 0 Å². The van der Waals surface area contributed by atoms with Crippen LogP contribution in [0.3, 0.4) is 0 Å². The van der Waals surface area contributed by atoms with E-state index >= 15 is 0 Å². The summed E-state index contributed by atoms with van der Waals surface area (Å²) in [4.78, 5) is 16.9. The van der Waals surface area contributed by atoms with E-state index in [0.717, 1.165) is 16.3 Å². The van der Waals surface area contributed by atoms with Crippen LogP contribution in [-0.4, -0.2) is 37.6 Å². The number of benzene rings is 2. The number of rotatable bonds is 4. The minimum atomic E-state index is -0.343. The second-order valence-corrected chi connectivity index (χ2v) is 8.32. The van der Waals surface area contributed by atoms with Crippen molar-refractivity contribution in [3.63, 3.8) is 0 Å². The van der Waals surface area contributed by atoms with Crippen molar-refractivity contribution >= 4 is 35.0 Å². The summed E-state index contributed by atoms with van der Waals surface area (Å²) in [6, 6.07) is 15.4. The highest BCUT2D eigenvalue weighted by Gasteiger charge is 2.39. The van der Waals surface area contributed by atoms with Gasteiger partial charge in [0.05, 0.1) is 43.4 Å². The van der Waals surface area contributed by atoms with Gasteiger partial charge in [-0.15, -0.1) is 0 Å². The molecule has 30 heavy (non-hydrogen) atoms. The molecule has 0 unspecified atom stereocenters. The highest BCUT2D eigenvalue weighted by Crippen LogP contribution is 2.45. The Kier molecular flexibility index (Phi) is 5.80. The van der Waals surface area contributed by atoms with Crippen LogP contribution in [0.5, 0.6) is 11.5 Å². The number of halogens is 1. The van der Waals surface area contributed by atoms with Crippen molar-refractivity contribution in [3.8, 4) is 17.6 Å². The van der Waals surface area contributed by atoms with E-state index in [-0.39, 0.29) is 18.2 Å². The zero-order chi connectivity index (χ0) is 21.3. The highest BCUT2D eigenvalue weighted by molar-refractivity contribution is 8.03. The summed E-state index contributed by atoms with van der Waals surface area (Å²) in [5.74, 6) is 1.55. The number of fused-ring (bicyclic) bond motifs is 1. The molecule has 2 aliphatic rings. The molecule has 154 valence electrons. The zero-order valence-corrected chi connectivity index (χ0v) is 18.2. The minimum Gasteiger partial charge on any atom is -0.497 e. The molecule has 2 aromatic carbocycles. The third-order valence-corrected chi connectivity index (χ3v) is 6.71. The number of carbonyl (C=O) groups is 1. The van der Waals surface area contributed by atoms with Crippen molar-refractivity contribution in [2.75, 3.05) is 31.7 Å². The van der Waals surface area contributed by atoms with Gasteiger partial charge in [-0.1, -0.05) is 29.4 Å². The minimum absolute atomic E-state index is 0.0157. The summed E-state index contributed by atoms with van der Waals surface area (Å²) in [5.41, 5.74) is 2.39. The molecule has 8 heteroatoms. The normalized spacial score (nSPS) is 18.7. The van der Waals surface area contributed by atoms with Crippen LogP contribution in [0.4, 0.5) is 5.69 Å². The molecule has 1 amide bonds. The van der Waals surface area contributed by atoms with Crippen LogP contribution in [-0.2, 0) is 4.79 Å². The molecule has 1 atom stereocenters. The lowest BCUT2D eigenvalue weighted by Crippen LogP contribution is -2.47. The van der Waals surface area contributed by atoms with E-state index in [1.807, 2.05) is 36.4 Å². The molecule has 0 N–H and O–H groups in total. The van der Waals surface area contributed by atoms with Gasteiger partial charge in [-0.25, -0.2) is 0 Å². The van der Waals surface area contributed by atoms with Crippen molar-refractivity contribution in [1.29, 1.82) is 5.26 Å². The molecule has 2 heterocycles. The molecule has 0 radical (unpaired) electrons. The van der Waals surface area contributed by atoms with Gasteiger partial charge >= 0.3 is 0 Å². The Morgan fingerprint density at radius 3 is 2.60 bits per heavy atom. The first-order valence-electron chi connectivity index (χ1n) is 9.35. The van der Waals surface area contributed by atoms with E-state index in [0.29, 0.717) is 34.6 Å². The van der Waals surface area contributed by atoms with E-state index in [1.54, 1.807) is 25.2 Å². The number of ether oxygens (including phenoxy) is 2. The molecule has 2 aliphatic heterocycles. The van der Waals surface area contributed by atoms with Gasteiger partial charge in [0.15, 0.2) is 0 Å². The number of anilines is 1. The predicted molar refractivity (Wildman–Crippen MR) is 118 cm³/mol. The van der Waals surface area contributed by atoms with Gasteiger partial charge < -0.3 is 14.4 Å². The van der Waals surface area contributed by atoms with E-state index in [2.05, 4.69) is 11.0 Å². The van der Waals surface area contributed by atoms with Gasteiger partial charge in [0.1, 0.15) is 11.5 Å². The Hall–Kier alpha value is -2.82. The summed E-state index contributed by atoms with van der Waals surface area (Å²) < 4.78 is 10.8. The Morgan fingerprint density at radius 1 is 1.17 bits per heavy atom. The largest absolute Gasteiger partial charge is 0.497 e. The van der Waals surface area contributed by atoms with Crippen molar-refractivity contribution in [1.82, 2.24) is 4.90 Å². The lowest BCUT2D eigenvalue weighted by atomic mass is 9.86. The monoisotopic (exact) mass is 441 g/mol. The SMILES string of the molecule is COc1ccc([C@H]2CC(=O)N3CN(c4ccc(Cl)cc4)CSC3=C2C#N)c(OC)c1. The molecule has 0 bridgehead atoms. The van der Waals surface area contributed by atoms with Gasteiger partial charge in [-0.05, 0) is 30.3 Å². The summed E-state index contributed by atoms with van der Waals surface area (Å²) in [6.07, 6.45) is 0.212. The molecule has 2 aromatic rings.